The standard InChI is InChI=1S/C18H26N4OS.HI/c1-4-15-11-20-16(24-15)12-21-17(19-5-2)22-13-18(3,23)14-9-7-6-8-10-14;/h6-11,23H,4-5,12-13H2,1-3H3,(H2,19,21,22);1H. The van der Waals surface area contributed by atoms with Crippen LogP contribution in [0, 0.1) is 0 Å². The Hall–Kier alpha value is -1.19. The summed E-state index contributed by atoms with van der Waals surface area (Å²) in [5.41, 5.74) is -0.0885. The molecule has 1 aromatic heterocycles. The minimum Gasteiger partial charge on any atom is -0.384 e. The summed E-state index contributed by atoms with van der Waals surface area (Å²) < 4.78 is 0. The minimum absolute atomic E-state index is 0. The highest BCUT2D eigenvalue weighted by Crippen LogP contribution is 2.19. The average molecular weight is 474 g/mol. The second-order valence-electron chi connectivity index (χ2n) is 5.76. The maximum absolute atomic E-state index is 10.7. The largest absolute Gasteiger partial charge is 0.384 e. The summed E-state index contributed by atoms with van der Waals surface area (Å²) >= 11 is 1.69. The van der Waals surface area contributed by atoms with Crippen molar-refractivity contribution in [3.8, 4) is 0 Å². The van der Waals surface area contributed by atoms with E-state index in [1.165, 1.54) is 4.88 Å². The van der Waals surface area contributed by atoms with Crippen molar-refractivity contribution in [3.63, 3.8) is 0 Å². The van der Waals surface area contributed by atoms with Gasteiger partial charge in [-0.25, -0.2) is 9.98 Å². The van der Waals surface area contributed by atoms with Gasteiger partial charge in [0.25, 0.3) is 0 Å². The lowest BCUT2D eigenvalue weighted by Gasteiger charge is -2.25. The van der Waals surface area contributed by atoms with E-state index >= 15 is 0 Å². The first-order valence-electron chi connectivity index (χ1n) is 8.28. The lowest BCUT2D eigenvalue weighted by Crippen LogP contribution is -2.44. The zero-order valence-electron chi connectivity index (χ0n) is 15.0. The Kier molecular flexibility index (Phi) is 9.37. The molecule has 0 radical (unpaired) electrons. The Labute approximate surface area is 171 Å². The quantitative estimate of drug-likeness (QED) is 0.327. The van der Waals surface area contributed by atoms with Gasteiger partial charge in [0.2, 0.25) is 0 Å². The number of aromatic nitrogens is 1. The van der Waals surface area contributed by atoms with E-state index in [9.17, 15) is 5.11 Å². The maximum atomic E-state index is 10.7. The van der Waals surface area contributed by atoms with Gasteiger partial charge in [0, 0.05) is 17.6 Å². The van der Waals surface area contributed by atoms with Crippen LogP contribution >= 0.6 is 35.3 Å². The molecular weight excluding hydrogens is 447 g/mol. The molecule has 0 aliphatic heterocycles. The van der Waals surface area contributed by atoms with Crippen LogP contribution in [-0.4, -0.2) is 29.1 Å². The molecule has 2 rings (SSSR count). The number of hydrogen-bond donors (Lipinski definition) is 3. The lowest BCUT2D eigenvalue weighted by atomic mass is 9.96. The van der Waals surface area contributed by atoms with Crippen LogP contribution in [0.15, 0.2) is 41.5 Å². The van der Waals surface area contributed by atoms with Gasteiger partial charge in [-0.3, -0.25) is 0 Å². The predicted octanol–water partition coefficient (Wildman–Crippen LogP) is 3.29. The zero-order chi connectivity index (χ0) is 17.4. The van der Waals surface area contributed by atoms with E-state index in [0.29, 0.717) is 19.0 Å². The highest BCUT2D eigenvalue weighted by Gasteiger charge is 2.22. The van der Waals surface area contributed by atoms with Crippen LogP contribution in [0.25, 0.3) is 0 Å². The Morgan fingerprint density at radius 3 is 2.56 bits per heavy atom. The number of benzene rings is 1. The molecule has 1 aromatic carbocycles. The first-order valence-corrected chi connectivity index (χ1v) is 9.10. The number of aryl methyl sites for hydroxylation is 1. The van der Waals surface area contributed by atoms with Crippen molar-refractivity contribution in [2.45, 2.75) is 39.3 Å². The van der Waals surface area contributed by atoms with Crippen molar-refractivity contribution in [2.75, 3.05) is 13.1 Å². The fourth-order valence-electron chi connectivity index (χ4n) is 2.23. The van der Waals surface area contributed by atoms with Gasteiger partial charge >= 0.3 is 0 Å². The molecule has 0 aliphatic rings. The summed E-state index contributed by atoms with van der Waals surface area (Å²) in [5.74, 6) is 0.682. The van der Waals surface area contributed by atoms with Gasteiger partial charge < -0.3 is 15.7 Å². The van der Waals surface area contributed by atoms with Gasteiger partial charge in [-0.15, -0.1) is 35.3 Å². The second kappa shape index (κ2) is 10.7. The van der Waals surface area contributed by atoms with Crippen LogP contribution in [0.5, 0.6) is 0 Å². The number of nitrogens with one attached hydrogen (secondary N) is 2. The molecule has 3 N–H and O–H groups in total. The van der Waals surface area contributed by atoms with Crippen LogP contribution in [0.2, 0.25) is 0 Å². The van der Waals surface area contributed by atoms with Gasteiger partial charge in [0.15, 0.2) is 5.96 Å². The third-order valence-corrected chi connectivity index (χ3v) is 4.79. The molecule has 138 valence electrons. The normalized spacial score (nSPS) is 13.7. The molecule has 0 amide bonds. The third-order valence-electron chi connectivity index (χ3n) is 3.66. The van der Waals surface area contributed by atoms with E-state index in [4.69, 9.17) is 0 Å². The van der Waals surface area contributed by atoms with Crippen LogP contribution in [0.1, 0.15) is 36.2 Å². The van der Waals surface area contributed by atoms with E-state index in [-0.39, 0.29) is 24.0 Å². The molecule has 1 atom stereocenters. The summed E-state index contributed by atoms with van der Waals surface area (Å²) in [6.45, 7) is 7.61. The van der Waals surface area contributed by atoms with Crippen LogP contribution in [0.3, 0.4) is 0 Å². The number of guanidine groups is 1. The Morgan fingerprint density at radius 2 is 1.96 bits per heavy atom. The van der Waals surface area contributed by atoms with Gasteiger partial charge in [-0.05, 0) is 25.8 Å². The van der Waals surface area contributed by atoms with Crippen LogP contribution in [0.4, 0.5) is 0 Å². The first-order chi connectivity index (χ1) is 11.5. The number of aliphatic imine (C=N–C) groups is 1. The molecule has 0 aliphatic carbocycles. The molecule has 0 bridgehead atoms. The molecule has 7 heteroatoms. The average Bonchev–Trinajstić information content (AvgIpc) is 3.06. The monoisotopic (exact) mass is 474 g/mol. The summed E-state index contributed by atoms with van der Waals surface area (Å²) in [4.78, 5) is 10.2. The predicted molar refractivity (Wildman–Crippen MR) is 116 cm³/mol. The Morgan fingerprint density at radius 1 is 1.24 bits per heavy atom. The minimum atomic E-state index is -0.964. The fraction of sp³-hybridized carbons (Fsp3) is 0.444. The molecule has 1 heterocycles. The van der Waals surface area contributed by atoms with Gasteiger partial charge in [0.1, 0.15) is 10.6 Å². The third kappa shape index (κ3) is 6.91. The van der Waals surface area contributed by atoms with Gasteiger partial charge in [-0.1, -0.05) is 37.3 Å². The number of aliphatic hydroxyl groups is 1. The summed E-state index contributed by atoms with van der Waals surface area (Å²) in [7, 11) is 0. The lowest BCUT2D eigenvalue weighted by molar-refractivity contribution is 0.0617. The number of thiazole rings is 1. The smallest absolute Gasteiger partial charge is 0.191 e. The first kappa shape index (κ1) is 21.9. The molecule has 5 nitrogen and oxygen atoms in total. The molecule has 0 spiro atoms. The number of nitrogens with zero attached hydrogens (tertiary/aromatic N) is 2. The van der Waals surface area contributed by atoms with Crippen molar-refractivity contribution >= 4 is 41.3 Å². The number of halogens is 1. The SMILES string of the molecule is CCNC(=NCc1ncc(CC)s1)NCC(C)(O)c1ccccc1.I. The Bertz CT molecular complexity index is 658. The van der Waals surface area contributed by atoms with Gasteiger partial charge in [-0.2, -0.15) is 0 Å². The summed E-state index contributed by atoms with van der Waals surface area (Å²) in [6.07, 6.45) is 2.91. The molecule has 25 heavy (non-hydrogen) atoms. The van der Waals surface area contributed by atoms with Crippen molar-refractivity contribution < 1.29 is 5.11 Å². The molecule has 0 fully saturated rings. The topological polar surface area (TPSA) is 69.5 Å². The highest BCUT2D eigenvalue weighted by molar-refractivity contribution is 14.0. The van der Waals surface area contributed by atoms with E-state index in [1.54, 1.807) is 18.3 Å². The Balaban J connectivity index is 0.00000312. The van der Waals surface area contributed by atoms with E-state index < -0.39 is 5.60 Å². The van der Waals surface area contributed by atoms with Crippen molar-refractivity contribution in [1.82, 2.24) is 15.6 Å². The number of hydrogen-bond acceptors (Lipinski definition) is 4. The summed E-state index contributed by atoms with van der Waals surface area (Å²) in [6, 6.07) is 9.64. The van der Waals surface area contributed by atoms with Crippen molar-refractivity contribution in [1.29, 1.82) is 0 Å². The van der Waals surface area contributed by atoms with Gasteiger partial charge in [0.05, 0.1) is 13.1 Å². The molecular formula is C18H27IN4OS. The van der Waals surface area contributed by atoms with Crippen molar-refractivity contribution in [2.24, 2.45) is 4.99 Å². The fourth-order valence-corrected chi connectivity index (χ4v) is 3.02. The molecule has 0 saturated heterocycles. The zero-order valence-corrected chi connectivity index (χ0v) is 18.1. The maximum Gasteiger partial charge on any atom is 0.191 e. The number of rotatable bonds is 7. The second-order valence-corrected chi connectivity index (χ2v) is 6.96. The van der Waals surface area contributed by atoms with Crippen LogP contribution < -0.4 is 10.6 Å². The van der Waals surface area contributed by atoms with E-state index in [2.05, 4.69) is 27.5 Å². The van der Waals surface area contributed by atoms with Crippen LogP contribution in [-0.2, 0) is 18.6 Å². The highest BCUT2D eigenvalue weighted by atomic mass is 127. The van der Waals surface area contributed by atoms with E-state index in [0.717, 1.165) is 23.5 Å². The molecule has 0 saturated carbocycles. The summed E-state index contributed by atoms with van der Waals surface area (Å²) in [5, 5.41) is 18.1. The molecule has 2 aromatic rings. The van der Waals surface area contributed by atoms with Crippen molar-refractivity contribution in [3.05, 3.63) is 52.0 Å². The molecule has 1 unspecified atom stereocenters. The van der Waals surface area contributed by atoms with E-state index in [1.807, 2.05) is 43.5 Å².